The Labute approximate surface area is 54.6 Å². The molecular weight excluding hydrogens is 144 g/mol. The van der Waals surface area contributed by atoms with Crippen LogP contribution in [0.3, 0.4) is 0 Å². The van der Waals surface area contributed by atoms with Crippen LogP contribution in [0, 0.1) is 0 Å². The van der Waals surface area contributed by atoms with Crippen molar-refractivity contribution in [2.75, 3.05) is 19.5 Å². The maximum Gasteiger partial charge on any atom is 0.264 e. The molecule has 0 spiro atoms. The molecular formula is C4H9O4S. The average molecular weight is 153 g/mol. The van der Waals surface area contributed by atoms with Crippen LogP contribution < -0.4 is 0 Å². The third-order valence-electron chi connectivity index (χ3n) is 0.586. The Balaban J connectivity index is 3.30. The second-order valence-corrected chi connectivity index (χ2v) is 3.23. The lowest BCUT2D eigenvalue weighted by Crippen LogP contribution is -2.04. The Hall–Kier alpha value is -0.130. The highest BCUT2D eigenvalue weighted by Gasteiger charge is 1.98. The Morgan fingerprint density at radius 3 is 2.33 bits per heavy atom. The fourth-order valence-corrected chi connectivity index (χ4v) is 0.690. The summed E-state index contributed by atoms with van der Waals surface area (Å²) in [5, 5.41) is 9.74. The quantitative estimate of drug-likeness (QED) is 0.414. The van der Waals surface area contributed by atoms with E-state index in [0.717, 1.165) is 6.26 Å². The van der Waals surface area contributed by atoms with Crippen LogP contribution in [0.5, 0.6) is 0 Å². The van der Waals surface area contributed by atoms with Gasteiger partial charge in [-0.3, -0.25) is 4.18 Å². The molecule has 0 amide bonds. The molecule has 0 aromatic rings. The minimum Gasteiger partial charge on any atom is -0.270 e. The van der Waals surface area contributed by atoms with Gasteiger partial charge in [-0.05, 0) is 6.42 Å². The van der Waals surface area contributed by atoms with Crippen molar-refractivity contribution in [2.24, 2.45) is 0 Å². The van der Waals surface area contributed by atoms with Gasteiger partial charge < -0.3 is 0 Å². The first-order valence-electron chi connectivity index (χ1n) is 2.49. The van der Waals surface area contributed by atoms with Gasteiger partial charge >= 0.3 is 0 Å². The monoisotopic (exact) mass is 153 g/mol. The van der Waals surface area contributed by atoms with E-state index in [1.54, 1.807) is 0 Å². The van der Waals surface area contributed by atoms with Gasteiger partial charge in [0.05, 0.1) is 19.5 Å². The highest BCUT2D eigenvalue weighted by atomic mass is 32.2. The molecule has 1 radical (unpaired) electrons. The molecule has 0 fully saturated rings. The lowest BCUT2D eigenvalue weighted by molar-refractivity contribution is 0.167. The maximum atomic E-state index is 10.2. The fraction of sp³-hybridized carbons (Fsp3) is 1.00. The van der Waals surface area contributed by atoms with Crippen molar-refractivity contribution in [3.05, 3.63) is 0 Å². The fourth-order valence-electron chi connectivity index (χ4n) is 0.269. The SMILES string of the molecule is CS(=O)(=O)OCCC[O]. The van der Waals surface area contributed by atoms with Crippen molar-refractivity contribution < 1.29 is 17.7 Å². The van der Waals surface area contributed by atoms with E-state index in [2.05, 4.69) is 4.18 Å². The zero-order valence-corrected chi connectivity index (χ0v) is 5.98. The van der Waals surface area contributed by atoms with Crippen molar-refractivity contribution in [2.45, 2.75) is 6.42 Å². The van der Waals surface area contributed by atoms with Crippen molar-refractivity contribution in [3.8, 4) is 0 Å². The Morgan fingerprint density at radius 1 is 1.44 bits per heavy atom. The Morgan fingerprint density at radius 2 is 2.00 bits per heavy atom. The second kappa shape index (κ2) is 3.81. The maximum absolute atomic E-state index is 10.2. The number of hydrogen-bond acceptors (Lipinski definition) is 3. The number of hydrogen-bond donors (Lipinski definition) is 0. The third kappa shape index (κ3) is 7.87. The van der Waals surface area contributed by atoms with Crippen LogP contribution in [0.1, 0.15) is 6.42 Å². The van der Waals surface area contributed by atoms with Crippen LogP contribution in [0.15, 0.2) is 0 Å². The molecule has 9 heavy (non-hydrogen) atoms. The Kier molecular flexibility index (Phi) is 3.76. The third-order valence-corrected chi connectivity index (χ3v) is 1.18. The van der Waals surface area contributed by atoms with E-state index in [-0.39, 0.29) is 19.6 Å². The molecule has 0 aromatic heterocycles. The zero-order chi connectivity index (χ0) is 7.33. The van der Waals surface area contributed by atoms with Crippen molar-refractivity contribution in [1.82, 2.24) is 0 Å². The van der Waals surface area contributed by atoms with E-state index < -0.39 is 10.1 Å². The molecule has 0 heterocycles. The predicted molar refractivity (Wildman–Crippen MR) is 31.0 cm³/mol. The normalized spacial score (nSPS) is 11.8. The molecule has 0 saturated heterocycles. The molecule has 0 saturated carbocycles. The first-order chi connectivity index (χ1) is 4.06. The van der Waals surface area contributed by atoms with E-state index in [9.17, 15) is 13.5 Å². The summed E-state index contributed by atoms with van der Waals surface area (Å²) in [5.41, 5.74) is 0. The minimum absolute atomic E-state index is 0.00231. The van der Waals surface area contributed by atoms with E-state index in [1.807, 2.05) is 0 Å². The molecule has 0 rings (SSSR count). The highest BCUT2D eigenvalue weighted by molar-refractivity contribution is 7.85. The van der Waals surface area contributed by atoms with Crippen LogP contribution in [0.4, 0.5) is 0 Å². The Bertz CT molecular complexity index is 148. The molecule has 0 aliphatic heterocycles. The summed E-state index contributed by atoms with van der Waals surface area (Å²) in [5.74, 6) is 0. The van der Waals surface area contributed by atoms with Crippen molar-refractivity contribution in [3.63, 3.8) is 0 Å². The van der Waals surface area contributed by atoms with Gasteiger partial charge in [-0.25, -0.2) is 5.11 Å². The van der Waals surface area contributed by atoms with Gasteiger partial charge in [-0.15, -0.1) is 0 Å². The van der Waals surface area contributed by atoms with E-state index in [4.69, 9.17) is 0 Å². The topological polar surface area (TPSA) is 63.3 Å². The summed E-state index contributed by atoms with van der Waals surface area (Å²) >= 11 is 0. The molecule has 0 bridgehead atoms. The molecule has 55 valence electrons. The van der Waals surface area contributed by atoms with Gasteiger partial charge in [0.15, 0.2) is 0 Å². The summed E-state index contributed by atoms with van der Waals surface area (Å²) in [6.45, 7) is -0.294. The highest BCUT2D eigenvalue weighted by Crippen LogP contribution is 1.87. The van der Waals surface area contributed by atoms with Crippen LogP contribution in [-0.4, -0.2) is 27.9 Å². The summed E-state index contributed by atoms with van der Waals surface area (Å²) in [7, 11) is -3.34. The van der Waals surface area contributed by atoms with E-state index in [1.165, 1.54) is 0 Å². The zero-order valence-electron chi connectivity index (χ0n) is 5.16. The van der Waals surface area contributed by atoms with Crippen LogP contribution >= 0.6 is 0 Å². The molecule has 0 aliphatic rings. The smallest absolute Gasteiger partial charge is 0.264 e. The lowest BCUT2D eigenvalue weighted by atomic mass is 10.5. The van der Waals surface area contributed by atoms with Crippen LogP contribution in [0.2, 0.25) is 0 Å². The van der Waals surface area contributed by atoms with E-state index in [0.29, 0.717) is 0 Å². The molecule has 0 unspecified atom stereocenters. The first kappa shape index (κ1) is 8.87. The molecule has 4 nitrogen and oxygen atoms in total. The summed E-state index contributed by atoms with van der Waals surface area (Å²) in [6, 6.07) is 0. The molecule has 0 aliphatic carbocycles. The van der Waals surface area contributed by atoms with Gasteiger partial charge in [0.25, 0.3) is 10.1 Å². The predicted octanol–water partition coefficient (Wildman–Crippen LogP) is -0.217. The molecule has 0 N–H and O–H groups in total. The van der Waals surface area contributed by atoms with Gasteiger partial charge in [-0.2, -0.15) is 8.42 Å². The first-order valence-corrected chi connectivity index (χ1v) is 4.30. The summed E-state index contributed by atoms with van der Waals surface area (Å²) in [6.07, 6.45) is 1.20. The van der Waals surface area contributed by atoms with Crippen molar-refractivity contribution in [1.29, 1.82) is 0 Å². The van der Waals surface area contributed by atoms with Gasteiger partial charge in [0.1, 0.15) is 0 Å². The largest absolute Gasteiger partial charge is 0.270 e. The van der Waals surface area contributed by atoms with Crippen molar-refractivity contribution >= 4 is 10.1 Å². The molecule has 0 atom stereocenters. The van der Waals surface area contributed by atoms with Gasteiger partial charge in [-0.1, -0.05) is 0 Å². The standard InChI is InChI=1S/C4H9O4S/c1-9(6,7)8-4-2-3-5/h2-4H2,1H3. The summed E-state index contributed by atoms with van der Waals surface area (Å²) in [4.78, 5) is 0. The summed E-state index contributed by atoms with van der Waals surface area (Å²) < 4.78 is 24.6. The van der Waals surface area contributed by atoms with Gasteiger partial charge in [0, 0.05) is 0 Å². The van der Waals surface area contributed by atoms with E-state index >= 15 is 0 Å². The second-order valence-electron chi connectivity index (χ2n) is 1.58. The lowest BCUT2D eigenvalue weighted by Gasteiger charge is -1.95. The average Bonchev–Trinajstić information content (AvgIpc) is 1.63. The number of rotatable bonds is 4. The van der Waals surface area contributed by atoms with Gasteiger partial charge in [0.2, 0.25) is 0 Å². The molecule has 5 heteroatoms. The molecule has 0 aromatic carbocycles. The van der Waals surface area contributed by atoms with Crippen LogP contribution in [-0.2, 0) is 19.4 Å². The van der Waals surface area contributed by atoms with Crippen LogP contribution in [0.25, 0.3) is 0 Å². The minimum atomic E-state index is -3.34.